The van der Waals surface area contributed by atoms with Crippen molar-refractivity contribution in [2.45, 2.75) is 38.2 Å². The van der Waals surface area contributed by atoms with Crippen LogP contribution < -0.4 is 0 Å². The molecular weight excluding hydrogens is 196 g/mol. The lowest BCUT2D eigenvalue weighted by Crippen LogP contribution is -2.38. The first kappa shape index (κ1) is 10.8. The minimum Gasteiger partial charge on any atom is -0.381 e. The third-order valence-electron chi connectivity index (χ3n) is 3.54. The molecule has 14 heavy (non-hydrogen) atoms. The van der Waals surface area contributed by atoms with Gasteiger partial charge in [0.1, 0.15) is 0 Å². The van der Waals surface area contributed by atoms with E-state index >= 15 is 0 Å². The Morgan fingerprint density at radius 3 is 2.50 bits per heavy atom. The molecular formula is C11H20O2S. The zero-order chi connectivity index (χ0) is 9.86. The Labute approximate surface area is 91.8 Å². The number of hydrogen-bond acceptors (Lipinski definition) is 3. The average molecular weight is 216 g/mol. The zero-order valence-corrected chi connectivity index (χ0v) is 9.60. The molecule has 0 aromatic carbocycles. The fourth-order valence-electron chi connectivity index (χ4n) is 2.16. The van der Waals surface area contributed by atoms with Crippen molar-refractivity contribution in [3.8, 4) is 0 Å². The highest BCUT2D eigenvalue weighted by Crippen LogP contribution is 2.42. The summed E-state index contributed by atoms with van der Waals surface area (Å²) >= 11 is 4.43. The predicted molar refractivity (Wildman–Crippen MR) is 59.9 cm³/mol. The van der Waals surface area contributed by atoms with Crippen LogP contribution >= 0.6 is 12.6 Å². The SMILES string of the molecule is SCC1(COC2CCOCC2)CCC1. The quantitative estimate of drug-likeness (QED) is 0.727. The zero-order valence-electron chi connectivity index (χ0n) is 8.71. The van der Waals surface area contributed by atoms with Crippen molar-refractivity contribution in [2.75, 3.05) is 25.6 Å². The van der Waals surface area contributed by atoms with Crippen molar-refractivity contribution in [3.63, 3.8) is 0 Å². The molecule has 1 aliphatic heterocycles. The van der Waals surface area contributed by atoms with Crippen LogP contribution in [0.25, 0.3) is 0 Å². The second-order valence-corrected chi connectivity index (χ2v) is 4.95. The average Bonchev–Trinajstić information content (AvgIpc) is 2.19. The van der Waals surface area contributed by atoms with Gasteiger partial charge in [0.05, 0.1) is 12.7 Å². The lowest BCUT2D eigenvalue weighted by molar-refractivity contribution is -0.0740. The Hall–Kier alpha value is 0.270. The van der Waals surface area contributed by atoms with Crippen LogP contribution in [0.15, 0.2) is 0 Å². The molecule has 0 bridgehead atoms. The fourth-order valence-corrected chi connectivity index (χ4v) is 2.57. The molecule has 1 heterocycles. The van der Waals surface area contributed by atoms with Gasteiger partial charge in [-0.25, -0.2) is 0 Å². The van der Waals surface area contributed by atoms with E-state index in [-0.39, 0.29) is 0 Å². The molecule has 1 aliphatic carbocycles. The van der Waals surface area contributed by atoms with Crippen molar-refractivity contribution in [3.05, 3.63) is 0 Å². The summed E-state index contributed by atoms with van der Waals surface area (Å²) in [6.07, 6.45) is 6.56. The van der Waals surface area contributed by atoms with Crippen molar-refractivity contribution >= 4 is 12.6 Å². The third-order valence-corrected chi connectivity index (χ3v) is 4.21. The van der Waals surface area contributed by atoms with Crippen molar-refractivity contribution < 1.29 is 9.47 Å². The summed E-state index contributed by atoms with van der Waals surface area (Å²) < 4.78 is 11.3. The number of hydrogen-bond donors (Lipinski definition) is 1. The Morgan fingerprint density at radius 1 is 1.29 bits per heavy atom. The maximum Gasteiger partial charge on any atom is 0.0619 e. The van der Waals surface area contributed by atoms with E-state index in [1.54, 1.807) is 0 Å². The van der Waals surface area contributed by atoms with Crippen LogP contribution in [-0.2, 0) is 9.47 Å². The molecule has 0 unspecified atom stereocenters. The van der Waals surface area contributed by atoms with Gasteiger partial charge in [-0.2, -0.15) is 12.6 Å². The van der Waals surface area contributed by atoms with E-state index in [4.69, 9.17) is 9.47 Å². The van der Waals surface area contributed by atoms with E-state index in [9.17, 15) is 0 Å². The Morgan fingerprint density at radius 2 is 2.00 bits per heavy atom. The van der Waals surface area contributed by atoms with Gasteiger partial charge in [-0.05, 0) is 31.4 Å². The summed E-state index contributed by atoms with van der Waals surface area (Å²) in [5, 5.41) is 0. The largest absolute Gasteiger partial charge is 0.381 e. The van der Waals surface area contributed by atoms with E-state index in [2.05, 4.69) is 12.6 Å². The van der Waals surface area contributed by atoms with E-state index in [0.29, 0.717) is 11.5 Å². The highest BCUT2D eigenvalue weighted by atomic mass is 32.1. The molecule has 0 N–H and O–H groups in total. The summed E-state index contributed by atoms with van der Waals surface area (Å²) in [4.78, 5) is 0. The van der Waals surface area contributed by atoms with Gasteiger partial charge < -0.3 is 9.47 Å². The molecule has 0 spiro atoms. The molecule has 2 aliphatic rings. The first-order valence-electron chi connectivity index (χ1n) is 5.65. The van der Waals surface area contributed by atoms with Crippen LogP contribution in [-0.4, -0.2) is 31.7 Å². The van der Waals surface area contributed by atoms with Gasteiger partial charge in [-0.15, -0.1) is 0 Å². The van der Waals surface area contributed by atoms with Gasteiger partial charge in [0.25, 0.3) is 0 Å². The van der Waals surface area contributed by atoms with Gasteiger partial charge in [0.15, 0.2) is 0 Å². The maximum atomic E-state index is 5.95. The molecule has 0 aromatic rings. The Balaban J connectivity index is 1.69. The van der Waals surface area contributed by atoms with Gasteiger partial charge in [0.2, 0.25) is 0 Å². The van der Waals surface area contributed by atoms with Gasteiger partial charge >= 0.3 is 0 Å². The predicted octanol–water partition coefficient (Wildman–Crippen LogP) is 2.28. The van der Waals surface area contributed by atoms with Crippen LogP contribution in [0.2, 0.25) is 0 Å². The molecule has 1 saturated carbocycles. The van der Waals surface area contributed by atoms with Gasteiger partial charge in [-0.3, -0.25) is 0 Å². The smallest absolute Gasteiger partial charge is 0.0619 e. The summed E-state index contributed by atoms with van der Waals surface area (Å²) in [6.45, 7) is 2.66. The van der Waals surface area contributed by atoms with E-state index < -0.39 is 0 Å². The first-order chi connectivity index (χ1) is 6.85. The normalized spacial score (nSPS) is 27.2. The van der Waals surface area contributed by atoms with Crippen molar-refractivity contribution in [2.24, 2.45) is 5.41 Å². The van der Waals surface area contributed by atoms with Crippen LogP contribution in [0.4, 0.5) is 0 Å². The van der Waals surface area contributed by atoms with Crippen LogP contribution in [0.5, 0.6) is 0 Å². The van der Waals surface area contributed by atoms with E-state index in [0.717, 1.165) is 38.4 Å². The maximum absolute atomic E-state index is 5.95. The third kappa shape index (κ3) is 2.44. The van der Waals surface area contributed by atoms with E-state index in [1.165, 1.54) is 19.3 Å². The van der Waals surface area contributed by atoms with Gasteiger partial charge in [-0.1, -0.05) is 6.42 Å². The Kier molecular flexibility index (Phi) is 3.74. The fraction of sp³-hybridized carbons (Fsp3) is 1.00. The molecule has 82 valence electrons. The lowest BCUT2D eigenvalue weighted by Gasteiger charge is -2.41. The number of thiol groups is 1. The standard InChI is InChI=1S/C11H20O2S/c14-9-11(4-1-5-11)8-13-10-2-6-12-7-3-10/h10,14H,1-9H2. The molecule has 0 atom stereocenters. The summed E-state index contributed by atoms with van der Waals surface area (Å²) in [7, 11) is 0. The lowest BCUT2D eigenvalue weighted by atomic mass is 9.71. The summed E-state index contributed by atoms with van der Waals surface area (Å²) in [5.74, 6) is 0.982. The minimum absolute atomic E-state index is 0.418. The highest BCUT2D eigenvalue weighted by Gasteiger charge is 2.36. The van der Waals surface area contributed by atoms with E-state index in [1.807, 2.05) is 0 Å². The van der Waals surface area contributed by atoms with Crippen molar-refractivity contribution in [1.82, 2.24) is 0 Å². The molecule has 3 heteroatoms. The Bertz CT molecular complexity index is 169. The number of rotatable bonds is 4. The monoisotopic (exact) mass is 216 g/mol. The second-order valence-electron chi connectivity index (χ2n) is 4.63. The topological polar surface area (TPSA) is 18.5 Å². The molecule has 0 amide bonds. The highest BCUT2D eigenvalue weighted by molar-refractivity contribution is 7.80. The molecule has 2 nitrogen and oxygen atoms in total. The molecule has 2 fully saturated rings. The first-order valence-corrected chi connectivity index (χ1v) is 6.28. The summed E-state index contributed by atoms with van der Waals surface area (Å²) in [5.41, 5.74) is 0.418. The van der Waals surface area contributed by atoms with Crippen LogP contribution in [0.1, 0.15) is 32.1 Å². The van der Waals surface area contributed by atoms with Crippen LogP contribution in [0, 0.1) is 5.41 Å². The van der Waals surface area contributed by atoms with Gasteiger partial charge in [0, 0.05) is 18.6 Å². The molecule has 2 rings (SSSR count). The second kappa shape index (κ2) is 4.86. The van der Waals surface area contributed by atoms with Crippen molar-refractivity contribution in [1.29, 1.82) is 0 Å². The number of ether oxygens (including phenoxy) is 2. The molecule has 0 aromatic heterocycles. The molecule has 1 saturated heterocycles. The molecule has 0 radical (unpaired) electrons. The minimum atomic E-state index is 0.418. The van der Waals surface area contributed by atoms with Crippen LogP contribution in [0.3, 0.4) is 0 Å². The summed E-state index contributed by atoms with van der Waals surface area (Å²) in [6, 6.07) is 0.